The predicted octanol–water partition coefficient (Wildman–Crippen LogP) is 3.19. The summed E-state index contributed by atoms with van der Waals surface area (Å²) in [6.07, 6.45) is 0.632. The lowest BCUT2D eigenvalue weighted by molar-refractivity contribution is 0.259. The number of amidine groups is 1. The van der Waals surface area contributed by atoms with Crippen LogP contribution in [0.5, 0.6) is 5.75 Å². The van der Waals surface area contributed by atoms with Gasteiger partial charge in [-0.05, 0) is 31.0 Å². The van der Waals surface area contributed by atoms with Crippen LogP contribution in [0.1, 0.15) is 25.8 Å². The topological polar surface area (TPSA) is 67.8 Å². The van der Waals surface area contributed by atoms with Gasteiger partial charge in [0, 0.05) is 5.41 Å². The van der Waals surface area contributed by atoms with Crippen LogP contribution in [-0.2, 0) is 0 Å². The lowest BCUT2D eigenvalue weighted by Crippen LogP contribution is -2.33. The maximum absolute atomic E-state index is 8.67. The van der Waals surface area contributed by atoms with Crippen molar-refractivity contribution in [2.75, 3.05) is 6.61 Å². The number of benzene rings is 1. The smallest absolute Gasteiger partial charge is 0.144 e. The fourth-order valence-corrected chi connectivity index (χ4v) is 1.57. The van der Waals surface area contributed by atoms with Gasteiger partial charge in [0.2, 0.25) is 0 Å². The number of rotatable bonds is 5. The molecule has 0 aliphatic heterocycles. The van der Waals surface area contributed by atoms with Crippen molar-refractivity contribution >= 4 is 17.4 Å². The second-order valence-corrected chi connectivity index (χ2v) is 5.31. The van der Waals surface area contributed by atoms with Crippen molar-refractivity contribution in [3.05, 3.63) is 28.8 Å². The number of nitrogens with two attached hydrogens (primary N) is 1. The molecule has 0 aliphatic carbocycles. The molecule has 18 heavy (non-hydrogen) atoms. The van der Waals surface area contributed by atoms with Crippen molar-refractivity contribution in [3.8, 4) is 5.75 Å². The molecule has 0 atom stereocenters. The number of ether oxygens (including phenoxy) is 1. The van der Waals surface area contributed by atoms with E-state index in [1.165, 1.54) is 0 Å². The maximum atomic E-state index is 8.67. The van der Waals surface area contributed by atoms with Gasteiger partial charge in [-0.1, -0.05) is 36.7 Å². The predicted molar refractivity (Wildman–Crippen MR) is 73.5 cm³/mol. The first kappa shape index (κ1) is 14.6. The number of hydrogen-bond donors (Lipinski definition) is 2. The van der Waals surface area contributed by atoms with E-state index in [1.54, 1.807) is 6.07 Å². The summed E-state index contributed by atoms with van der Waals surface area (Å²) in [6, 6.07) is 5.62. The summed E-state index contributed by atoms with van der Waals surface area (Å²) in [6.45, 7) is 6.21. The van der Waals surface area contributed by atoms with Gasteiger partial charge in [0.1, 0.15) is 11.6 Å². The first-order valence-corrected chi connectivity index (χ1v) is 6.11. The summed E-state index contributed by atoms with van der Waals surface area (Å²) < 4.78 is 5.62. The Morgan fingerprint density at radius 2 is 2.17 bits per heavy atom. The SMILES string of the molecule is Cc1ccc(Cl)c(OCCC(C)(C)C(N)=NO)c1. The average molecular weight is 271 g/mol. The Morgan fingerprint density at radius 1 is 1.50 bits per heavy atom. The van der Waals surface area contributed by atoms with Gasteiger partial charge in [0.05, 0.1) is 11.6 Å². The summed E-state index contributed by atoms with van der Waals surface area (Å²) in [4.78, 5) is 0. The van der Waals surface area contributed by atoms with Crippen molar-refractivity contribution < 1.29 is 9.94 Å². The molecule has 0 aromatic heterocycles. The minimum atomic E-state index is -0.412. The zero-order chi connectivity index (χ0) is 13.8. The average Bonchev–Trinajstić information content (AvgIpc) is 2.32. The normalized spacial score (nSPS) is 12.6. The minimum absolute atomic E-state index is 0.196. The van der Waals surface area contributed by atoms with Crippen LogP contribution in [0.15, 0.2) is 23.4 Å². The van der Waals surface area contributed by atoms with E-state index in [0.717, 1.165) is 5.56 Å². The van der Waals surface area contributed by atoms with Crippen LogP contribution in [0.4, 0.5) is 0 Å². The Kier molecular flexibility index (Phi) is 4.84. The highest BCUT2D eigenvalue weighted by Crippen LogP contribution is 2.27. The Labute approximate surface area is 112 Å². The van der Waals surface area contributed by atoms with Crippen molar-refractivity contribution in [3.63, 3.8) is 0 Å². The first-order chi connectivity index (χ1) is 8.36. The maximum Gasteiger partial charge on any atom is 0.144 e. The monoisotopic (exact) mass is 270 g/mol. The second-order valence-electron chi connectivity index (χ2n) is 4.90. The molecule has 4 nitrogen and oxygen atoms in total. The van der Waals surface area contributed by atoms with Gasteiger partial charge in [-0.15, -0.1) is 0 Å². The molecule has 0 radical (unpaired) electrons. The van der Waals surface area contributed by atoms with Crippen molar-refractivity contribution in [2.45, 2.75) is 27.2 Å². The molecule has 0 fully saturated rings. The third-order valence-corrected chi connectivity index (χ3v) is 3.18. The summed E-state index contributed by atoms with van der Waals surface area (Å²) in [5.41, 5.74) is 6.28. The largest absolute Gasteiger partial charge is 0.492 e. The highest BCUT2D eigenvalue weighted by molar-refractivity contribution is 6.32. The molecule has 0 amide bonds. The number of nitrogens with zero attached hydrogens (tertiary/aromatic N) is 1. The molecule has 0 aliphatic rings. The van der Waals surface area contributed by atoms with E-state index in [2.05, 4.69) is 5.16 Å². The lowest BCUT2D eigenvalue weighted by atomic mass is 9.88. The van der Waals surface area contributed by atoms with Gasteiger partial charge in [0.15, 0.2) is 0 Å². The molecule has 5 heteroatoms. The molecule has 3 N–H and O–H groups in total. The summed E-state index contributed by atoms with van der Waals surface area (Å²) >= 11 is 6.02. The molecule has 1 rings (SSSR count). The van der Waals surface area contributed by atoms with Crippen molar-refractivity contribution in [1.29, 1.82) is 0 Å². The molecule has 0 saturated carbocycles. The molecular weight excluding hydrogens is 252 g/mol. The number of aryl methyl sites for hydroxylation is 1. The first-order valence-electron chi connectivity index (χ1n) is 5.74. The van der Waals surface area contributed by atoms with Gasteiger partial charge in [-0.3, -0.25) is 0 Å². The molecular formula is C13H19ClN2O2. The Hall–Kier alpha value is -1.42. The molecule has 0 heterocycles. The highest BCUT2D eigenvalue weighted by atomic mass is 35.5. The second kappa shape index (κ2) is 5.96. The van der Waals surface area contributed by atoms with Gasteiger partial charge < -0.3 is 15.7 Å². The van der Waals surface area contributed by atoms with E-state index in [4.69, 9.17) is 27.3 Å². The zero-order valence-electron chi connectivity index (χ0n) is 10.9. The third-order valence-electron chi connectivity index (χ3n) is 2.87. The zero-order valence-corrected chi connectivity index (χ0v) is 11.7. The number of hydrogen-bond acceptors (Lipinski definition) is 3. The third kappa shape index (κ3) is 3.81. The molecule has 0 saturated heterocycles. The Morgan fingerprint density at radius 3 is 2.78 bits per heavy atom. The van der Waals surface area contributed by atoms with Gasteiger partial charge in [-0.25, -0.2) is 0 Å². The Balaban J connectivity index is 2.59. The van der Waals surface area contributed by atoms with E-state index in [-0.39, 0.29) is 5.84 Å². The van der Waals surface area contributed by atoms with Crippen LogP contribution in [0.3, 0.4) is 0 Å². The van der Waals surface area contributed by atoms with Gasteiger partial charge >= 0.3 is 0 Å². The van der Waals surface area contributed by atoms with Crippen LogP contribution in [0.2, 0.25) is 5.02 Å². The summed E-state index contributed by atoms with van der Waals surface area (Å²) in [7, 11) is 0. The summed E-state index contributed by atoms with van der Waals surface area (Å²) in [5.74, 6) is 0.855. The number of oxime groups is 1. The van der Waals surface area contributed by atoms with E-state index in [1.807, 2.05) is 32.9 Å². The molecule has 0 bridgehead atoms. The summed E-state index contributed by atoms with van der Waals surface area (Å²) in [5, 5.41) is 12.3. The molecule has 1 aromatic carbocycles. The lowest BCUT2D eigenvalue weighted by Gasteiger charge is -2.22. The van der Waals surface area contributed by atoms with Crippen LogP contribution in [0, 0.1) is 12.3 Å². The Bertz CT molecular complexity index is 445. The molecule has 1 aromatic rings. The van der Waals surface area contributed by atoms with E-state index in [0.29, 0.717) is 23.8 Å². The van der Waals surface area contributed by atoms with Gasteiger partial charge in [0.25, 0.3) is 0 Å². The van der Waals surface area contributed by atoms with Crippen LogP contribution >= 0.6 is 11.6 Å². The van der Waals surface area contributed by atoms with Crippen molar-refractivity contribution in [2.24, 2.45) is 16.3 Å². The molecule has 100 valence electrons. The fourth-order valence-electron chi connectivity index (χ4n) is 1.40. The molecule has 0 spiro atoms. The van der Waals surface area contributed by atoms with E-state index < -0.39 is 5.41 Å². The quantitative estimate of drug-likeness (QED) is 0.374. The fraction of sp³-hybridized carbons (Fsp3) is 0.462. The van der Waals surface area contributed by atoms with Crippen molar-refractivity contribution in [1.82, 2.24) is 0 Å². The standard InChI is InChI=1S/C13H19ClN2O2/c1-9-4-5-10(14)11(8-9)18-7-6-13(2,3)12(15)16-17/h4-5,8,17H,6-7H2,1-3H3,(H2,15,16). The van der Waals surface area contributed by atoms with E-state index in [9.17, 15) is 0 Å². The van der Waals surface area contributed by atoms with Gasteiger partial charge in [-0.2, -0.15) is 0 Å². The minimum Gasteiger partial charge on any atom is -0.492 e. The van der Waals surface area contributed by atoms with Crippen LogP contribution in [-0.4, -0.2) is 17.6 Å². The van der Waals surface area contributed by atoms with Crippen LogP contribution < -0.4 is 10.5 Å². The number of halogens is 1. The van der Waals surface area contributed by atoms with E-state index >= 15 is 0 Å². The van der Waals surface area contributed by atoms with Crippen LogP contribution in [0.25, 0.3) is 0 Å². The molecule has 0 unspecified atom stereocenters. The highest BCUT2D eigenvalue weighted by Gasteiger charge is 2.23.